The summed E-state index contributed by atoms with van der Waals surface area (Å²) < 4.78 is 2.75. The molecule has 172 valence electrons. The number of hydrogen-bond donors (Lipinski definition) is 0. The van der Waals surface area contributed by atoms with Crippen LogP contribution in [0.3, 0.4) is 0 Å². The second kappa shape index (κ2) is 12.1. The van der Waals surface area contributed by atoms with Crippen molar-refractivity contribution in [2.45, 2.75) is 117 Å². The van der Waals surface area contributed by atoms with Crippen LogP contribution in [0.1, 0.15) is 105 Å². The number of rotatable bonds is 14. The van der Waals surface area contributed by atoms with Gasteiger partial charge >= 0.3 is 0 Å². The minimum Gasteiger partial charge on any atom is -0.356 e. The minimum atomic E-state index is 0.671. The lowest BCUT2D eigenvalue weighted by Crippen LogP contribution is -2.40. The Morgan fingerprint density at radius 3 is 2.43 bits per heavy atom. The van der Waals surface area contributed by atoms with Gasteiger partial charge in [0.25, 0.3) is 0 Å². The first-order chi connectivity index (χ1) is 14.7. The zero-order chi connectivity index (χ0) is 21.3. The van der Waals surface area contributed by atoms with Crippen LogP contribution in [0.25, 0.3) is 0 Å². The van der Waals surface area contributed by atoms with Crippen LogP contribution in [0.4, 0.5) is 0 Å². The normalized spacial score (nSPS) is 24.7. The highest BCUT2D eigenvalue weighted by atomic mass is 15.3. The smallest absolute Gasteiger partial charge is 0.247 e. The van der Waals surface area contributed by atoms with Crippen molar-refractivity contribution in [1.82, 2.24) is 9.80 Å². The first kappa shape index (κ1) is 23.6. The van der Waals surface area contributed by atoms with Gasteiger partial charge in [0.15, 0.2) is 0 Å². The van der Waals surface area contributed by atoms with Gasteiger partial charge in [-0.1, -0.05) is 33.6 Å². The van der Waals surface area contributed by atoms with Crippen LogP contribution >= 0.6 is 0 Å². The SMILES string of the molecule is CCCCN1C(CCC)=NCC1CCCC[N+]1=C(CCC)N(CC2CCC2)C(C)C1. The summed E-state index contributed by atoms with van der Waals surface area (Å²) in [5.41, 5.74) is 0. The van der Waals surface area contributed by atoms with E-state index in [1.54, 1.807) is 5.84 Å². The van der Waals surface area contributed by atoms with Crippen molar-refractivity contribution < 1.29 is 4.58 Å². The molecule has 30 heavy (non-hydrogen) atoms. The molecule has 0 amide bonds. The summed E-state index contributed by atoms with van der Waals surface area (Å²) in [6.07, 6.45) is 15.9. The molecule has 0 bridgehead atoms. The molecule has 1 aliphatic carbocycles. The van der Waals surface area contributed by atoms with Crippen molar-refractivity contribution in [1.29, 1.82) is 0 Å². The summed E-state index contributed by atoms with van der Waals surface area (Å²) in [7, 11) is 0. The monoisotopic (exact) mass is 417 g/mol. The Morgan fingerprint density at radius 1 is 0.967 bits per heavy atom. The van der Waals surface area contributed by atoms with Crippen molar-refractivity contribution in [2.75, 3.05) is 32.7 Å². The molecule has 4 heteroatoms. The highest BCUT2D eigenvalue weighted by Gasteiger charge is 2.38. The molecule has 0 aromatic heterocycles. The highest BCUT2D eigenvalue weighted by Crippen LogP contribution is 2.29. The number of amidine groups is 2. The van der Waals surface area contributed by atoms with Crippen molar-refractivity contribution >= 4 is 11.7 Å². The van der Waals surface area contributed by atoms with Crippen LogP contribution in [-0.2, 0) is 0 Å². The Bertz CT molecular complexity index is 578. The van der Waals surface area contributed by atoms with Gasteiger partial charge in [-0.15, -0.1) is 0 Å². The van der Waals surface area contributed by atoms with Crippen LogP contribution in [0.2, 0.25) is 0 Å². The standard InChI is InChI=1S/C26H49N4/c1-5-8-18-29-24(19-27-25(29)12-6-2)16-9-10-17-28-20-22(4)30(26(28)13-7-3)21-23-14-11-15-23/h22-24H,5-21H2,1-4H3/q+1. The fourth-order valence-corrected chi connectivity index (χ4v) is 5.57. The number of nitrogens with zero attached hydrogens (tertiary/aromatic N) is 4. The van der Waals surface area contributed by atoms with E-state index in [4.69, 9.17) is 4.99 Å². The van der Waals surface area contributed by atoms with Gasteiger partial charge in [-0.25, -0.2) is 0 Å². The third-order valence-electron chi connectivity index (χ3n) is 7.56. The molecular formula is C26H49N4+. The molecule has 0 radical (unpaired) electrons. The first-order valence-corrected chi connectivity index (χ1v) is 13.3. The van der Waals surface area contributed by atoms with Crippen molar-refractivity contribution in [3.63, 3.8) is 0 Å². The van der Waals surface area contributed by atoms with E-state index in [0.717, 1.165) is 18.9 Å². The lowest BCUT2D eigenvalue weighted by molar-refractivity contribution is -0.522. The summed E-state index contributed by atoms with van der Waals surface area (Å²) in [4.78, 5) is 10.4. The van der Waals surface area contributed by atoms with Gasteiger partial charge in [0, 0.05) is 25.4 Å². The van der Waals surface area contributed by atoms with Crippen LogP contribution in [0.5, 0.6) is 0 Å². The van der Waals surface area contributed by atoms with E-state index in [1.807, 2.05) is 0 Å². The third kappa shape index (κ3) is 6.01. The summed E-state index contributed by atoms with van der Waals surface area (Å²) in [5, 5.41) is 0. The van der Waals surface area contributed by atoms with E-state index >= 15 is 0 Å². The summed E-state index contributed by atoms with van der Waals surface area (Å²) in [6, 6.07) is 1.38. The highest BCUT2D eigenvalue weighted by molar-refractivity contribution is 5.84. The first-order valence-electron chi connectivity index (χ1n) is 13.3. The van der Waals surface area contributed by atoms with Crippen LogP contribution in [-0.4, -0.2) is 70.9 Å². The predicted molar refractivity (Wildman–Crippen MR) is 130 cm³/mol. The van der Waals surface area contributed by atoms with Gasteiger partial charge < -0.3 is 4.90 Å². The second-order valence-electron chi connectivity index (χ2n) is 10.1. The lowest BCUT2D eigenvalue weighted by atomic mass is 9.85. The summed E-state index contributed by atoms with van der Waals surface area (Å²) in [5.74, 6) is 4.03. The molecule has 2 heterocycles. The number of unbranched alkanes of at least 4 members (excludes halogenated alkanes) is 2. The van der Waals surface area contributed by atoms with Crippen LogP contribution < -0.4 is 0 Å². The van der Waals surface area contributed by atoms with Crippen LogP contribution in [0.15, 0.2) is 4.99 Å². The van der Waals surface area contributed by atoms with E-state index in [0.29, 0.717) is 12.1 Å². The van der Waals surface area contributed by atoms with Gasteiger partial charge in [-0.3, -0.25) is 14.5 Å². The van der Waals surface area contributed by atoms with Gasteiger partial charge in [0.1, 0.15) is 12.6 Å². The van der Waals surface area contributed by atoms with Gasteiger partial charge in [-0.2, -0.15) is 0 Å². The molecule has 2 aliphatic heterocycles. The molecule has 2 unspecified atom stereocenters. The molecule has 3 aliphatic rings. The maximum Gasteiger partial charge on any atom is 0.247 e. The molecule has 1 fully saturated rings. The maximum atomic E-state index is 4.92. The average Bonchev–Trinajstić information content (AvgIpc) is 3.21. The molecule has 0 saturated heterocycles. The van der Waals surface area contributed by atoms with Crippen molar-refractivity contribution in [3.8, 4) is 0 Å². The Labute approximate surface area is 186 Å². The van der Waals surface area contributed by atoms with E-state index < -0.39 is 0 Å². The van der Waals surface area contributed by atoms with E-state index in [9.17, 15) is 0 Å². The van der Waals surface area contributed by atoms with Gasteiger partial charge in [0.2, 0.25) is 5.84 Å². The Hall–Kier alpha value is -1.06. The second-order valence-corrected chi connectivity index (χ2v) is 10.1. The zero-order valence-corrected chi connectivity index (χ0v) is 20.5. The predicted octanol–water partition coefficient (Wildman–Crippen LogP) is 5.55. The average molecular weight is 418 g/mol. The molecule has 3 rings (SSSR count). The third-order valence-corrected chi connectivity index (χ3v) is 7.56. The molecule has 4 nitrogen and oxygen atoms in total. The quantitative estimate of drug-likeness (QED) is 0.273. The molecule has 1 saturated carbocycles. The van der Waals surface area contributed by atoms with Crippen molar-refractivity contribution in [2.24, 2.45) is 10.9 Å². The van der Waals surface area contributed by atoms with Gasteiger partial charge in [0.05, 0.1) is 25.5 Å². The lowest BCUT2D eigenvalue weighted by Gasteiger charge is -2.29. The Balaban J connectivity index is 1.48. The largest absolute Gasteiger partial charge is 0.356 e. The molecule has 0 aromatic rings. The van der Waals surface area contributed by atoms with E-state index in [2.05, 4.69) is 42.1 Å². The van der Waals surface area contributed by atoms with Crippen LogP contribution in [0, 0.1) is 5.92 Å². The molecule has 0 spiro atoms. The van der Waals surface area contributed by atoms with Gasteiger partial charge in [-0.05, 0) is 64.2 Å². The minimum absolute atomic E-state index is 0.671. The molecule has 2 atom stereocenters. The fraction of sp³-hybridized carbons (Fsp3) is 0.923. The number of hydrogen-bond acceptors (Lipinski definition) is 3. The molecule has 0 N–H and O–H groups in total. The Kier molecular flexibility index (Phi) is 9.52. The summed E-state index contributed by atoms with van der Waals surface area (Å²) in [6.45, 7) is 15.5. The van der Waals surface area contributed by atoms with E-state index in [1.165, 1.54) is 103 Å². The number of aliphatic imine (C=N–C) groups is 1. The van der Waals surface area contributed by atoms with Crippen molar-refractivity contribution in [3.05, 3.63) is 0 Å². The Morgan fingerprint density at radius 2 is 1.77 bits per heavy atom. The zero-order valence-electron chi connectivity index (χ0n) is 20.5. The maximum absolute atomic E-state index is 4.92. The molecular weight excluding hydrogens is 368 g/mol. The van der Waals surface area contributed by atoms with E-state index in [-0.39, 0.29) is 0 Å². The fourth-order valence-electron chi connectivity index (χ4n) is 5.57. The molecule has 0 aromatic carbocycles. The summed E-state index contributed by atoms with van der Waals surface area (Å²) >= 11 is 0. The topological polar surface area (TPSA) is 21.9 Å².